The van der Waals surface area contributed by atoms with Crippen LogP contribution in [0.5, 0.6) is 0 Å². The molecular formula is C20H16O6S2. The Labute approximate surface area is 162 Å². The second-order valence-electron chi connectivity index (χ2n) is 5.97. The maximum atomic E-state index is 10.8. The van der Waals surface area contributed by atoms with Crippen molar-refractivity contribution in [2.75, 3.05) is 0 Å². The van der Waals surface area contributed by atoms with Crippen LogP contribution in [0.25, 0.3) is 21.5 Å². The van der Waals surface area contributed by atoms with Gasteiger partial charge in [-0.25, -0.2) is 0 Å². The average Bonchev–Trinajstić information content (AvgIpc) is 2.66. The summed E-state index contributed by atoms with van der Waals surface area (Å²) in [4.78, 5) is -0.146. The maximum absolute atomic E-state index is 10.8. The lowest BCUT2D eigenvalue weighted by Crippen LogP contribution is -1.97. The minimum Gasteiger partial charge on any atom is -0.282 e. The first-order chi connectivity index (χ1) is 13.1. The minimum absolute atomic E-state index is 0.0730. The summed E-state index contributed by atoms with van der Waals surface area (Å²) in [5.74, 6) is 0. The molecule has 0 bridgehead atoms. The van der Waals surface area contributed by atoms with Crippen LogP contribution in [0.4, 0.5) is 0 Å². The van der Waals surface area contributed by atoms with Crippen LogP contribution in [0.3, 0.4) is 0 Å². The highest BCUT2D eigenvalue weighted by molar-refractivity contribution is 7.86. The minimum atomic E-state index is -4.09. The Morgan fingerprint density at radius 3 is 1.11 bits per heavy atom. The van der Waals surface area contributed by atoms with Crippen molar-refractivity contribution in [1.82, 2.24) is 0 Å². The second-order valence-corrected chi connectivity index (χ2v) is 8.81. The maximum Gasteiger partial charge on any atom is 0.294 e. The predicted octanol–water partition coefficient (Wildman–Crippen LogP) is 4.17. The van der Waals surface area contributed by atoms with Gasteiger partial charge < -0.3 is 0 Å². The van der Waals surface area contributed by atoms with Gasteiger partial charge >= 0.3 is 0 Å². The van der Waals surface area contributed by atoms with Crippen molar-refractivity contribution < 1.29 is 25.9 Å². The number of rotatable bonds is 2. The van der Waals surface area contributed by atoms with Crippen LogP contribution in [0, 0.1) is 0 Å². The summed E-state index contributed by atoms with van der Waals surface area (Å²) in [6, 6.07) is 23.7. The third-order valence-corrected chi connectivity index (χ3v) is 5.74. The number of hydrogen-bond donors (Lipinski definition) is 2. The van der Waals surface area contributed by atoms with E-state index in [-0.39, 0.29) is 9.79 Å². The molecule has 0 aliphatic carbocycles. The van der Waals surface area contributed by atoms with Crippen molar-refractivity contribution in [2.24, 2.45) is 0 Å². The summed E-state index contributed by atoms with van der Waals surface area (Å²) in [6.07, 6.45) is 0. The summed E-state index contributed by atoms with van der Waals surface area (Å²) in [6.45, 7) is 0. The van der Waals surface area contributed by atoms with Gasteiger partial charge in [0.15, 0.2) is 0 Å². The Kier molecular flexibility index (Phi) is 5.48. The zero-order valence-corrected chi connectivity index (χ0v) is 16.1. The van der Waals surface area contributed by atoms with Crippen LogP contribution in [-0.2, 0) is 20.2 Å². The van der Waals surface area contributed by atoms with Gasteiger partial charge in [-0.15, -0.1) is 0 Å². The zero-order chi connectivity index (χ0) is 20.4. The Balaban J connectivity index is 0.000000161. The molecule has 0 saturated heterocycles. The lowest BCUT2D eigenvalue weighted by Gasteiger charge is -1.99. The molecule has 0 aliphatic heterocycles. The molecule has 4 rings (SSSR count). The summed E-state index contributed by atoms with van der Waals surface area (Å²) < 4.78 is 61.0. The predicted molar refractivity (Wildman–Crippen MR) is 108 cm³/mol. The Bertz CT molecular complexity index is 1250. The molecule has 8 heteroatoms. The molecule has 28 heavy (non-hydrogen) atoms. The molecule has 4 aromatic carbocycles. The van der Waals surface area contributed by atoms with Crippen molar-refractivity contribution in [1.29, 1.82) is 0 Å². The van der Waals surface area contributed by atoms with Gasteiger partial charge in [0, 0.05) is 0 Å². The number of fused-ring (bicyclic) bond motifs is 2. The quantitative estimate of drug-likeness (QED) is 0.475. The first-order valence-electron chi connectivity index (χ1n) is 8.07. The second kappa shape index (κ2) is 7.69. The molecule has 0 saturated carbocycles. The molecular weight excluding hydrogens is 400 g/mol. The largest absolute Gasteiger partial charge is 0.294 e. The first-order valence-corrected chi connectivity index (χ1v) is 11.0. The van der Waals surface area contributed by atoms with Gasteiger partial charge in [-0.1, -0.05) is 60.7 Å². The molecule has 6 nitrogen and oxygen atoms in total. The molecule has 144 valence electrons. The molecule has 2 N–H and O–H groups in total. The molecule has 0 fully saturated rings. The standard InChI is InChI=1S/2C10H8O3S/c2*11-14(12,13)10-6-5-8-3-1-2-4-9(8)7-10/h2*1-7H,(H,11,12,13). The average molecular weight is 416 g/mol. The van der Waals surface area contributed by atoms with Crippen LogP contribution in [0.15, 0.2) is 94.7 Å². The molecule has 0 amide bonds. The fourth-order valence-corrected chi connectivity index (χ4v) is 3.69. The molecule has 0 unspecified atom stereocenters. The Hall–Kier alpha value is -2.78. The van der Waals surface area contributed by atoms with E-state index in [0.717, 1.165) is 21.5 Å². The van der Waals surface area contributed by atoms with E-state index >= 15 is 0 Å². The zero-order valence-electron chi connectivity index (χ0n) is 14.4. The van der Waals surface area contributed by atoms with Crippen molar-refractivity contribution in [3.8, 4) is 0 Å². The normalized spacial score (nSPS) is 11.8. The smallest absolute Gasteiger partial charge is 0.282 e. The van der Waals surface area contributed by atoms with E-state index in [1.165, 1.54) is 24.3 Å². The molecule has 0 radical (unpaired) electrons. The number of hydrogen-bond acceptors (Lipinski definition) is 4. The van der Waals surface area contributed by atoms with Crippen LogP contribution >= 0.6 is 0 Å². The fraction of sp³-hybridized carbons (Fsp3) is 0. The monoisotopic (exact) mass is 416 g/mol. The van der Waals surface area contributed by atoms with Crippen LogP contribution in [-0.4, -0.2) is 25.9 Å². The topological polar surface area (TPSA) is 109 Å². The van der Waals surface area contributed by atoms with Crippen LogP contribution in [0.1, 0.15) is 0 Å². The lowest BCUT2D eigenvalue weighted by atomic mass is 10.1. The Morgan fingerprint density at radius 1 is 0.464 bits per heavy atom. The van der Waals surface area contributed by atoms with E-state index in [4.69, 9.17) is 9.11 Å². The molecule has 0 atom stereocenters. The van der Waals surface area contributed by atoms with E-state index in [1.54, 1.807) is 24.3 Å². The van der Waals surface area contributed by atoms with Gasteiger partial charge in [0.05, 0.1) is 9.79 Å². The van der Waals surface area contributed by atoms with E-state index in [0.29, 0.717) is 0 Å². The van der Waals surface area contributed by atoms with Gasteiger partial charge in [-0.2, -0.15) is 16.8 Å². The SMILES string of the molecule is O=S(=O)(O)c1ccc2ccccc2c1.O=S(=O)(O)c1ccc2ccccc2c1. The van der Waals surface area contributed by atoms with Gasteiger partial charge in [0.25, 0.3) is 20.2 Å². The van der Waals surface area contributed by atoms with Gasteiger partial charge in [0.1, 0.15) is 0 Å². The Morgan fingerprint density at radius 2 is 0.786 bits per heavy atom. The highest BCUT2D eigenvalue weighted by Gasteiger charge is 2.09. The van der Waals surface area contributed by atoms with Crippen molar-refractivity contribution in [3.63, 3.8) is 0 Å². The number of benzene rings is 4. The van der Waals surface area contributed by atoms with Crippen molar-refractivity contribution in [3.05, 3.63) is 84.9 Å². The third kappa shape index (κ3) is 4.73. The third-order valence-electron chi connectivity index (χ3n) is 4.04. The fourth-order valence-electron chi connectivity index (χ4n) is 2.66. The van der Waals surface area contributed by atoms with Crippen LogP contribution < -0.4 is 0 Å². The molecule has 0 spiro atoms. The summed E-state index contributed by atoms with van der Waals surface area (Å²) in [5.41, 5.74) is 0. The molecule has 4 aromatic rings. The van der Waals surface area contributed by atoms with Gasteiger partial charge in [0.2, 0.25) is 0 Å². The van der Waals surface area contributed by atoms with Gasteiger partial charge in [-0.3, -0.25) is 9.11 Å². The van der Waals surface area contributed by atoms with Crippen molar-refractivity contribution in [2.45, 2.75) is 9.79 Å². The lowest BCUT2D eigenvalue weighted by molar-refractivity contribution is 0.481. The highest BCUT2D eigenvalue weighted by Crippen LogP contribution is 2.19. The molecule has 0 aliphatic rings. The van der Waals surface area contributed by atoms with Crippen LogP contribution in [0.2, 0.25) is 0 Å². The highest BCUT2D eigenvalue weighted by atomic mass is 32.2. The van der Waals surface area contributed by atoms with Gasteiger partial charge in [-0.05, 0) is 45.8 Å². The summed E-state index contributed by atoms with van der Waals surface area (Å²) in [5, 5.41) is 3.48. The van der Waals surface area contributed by atoms with E-state index < -0.39 is 20.2 Å². The summed E-state index contributed by atoms with van der Waals surface area (Å²) in [7, 11) is -8.19. The molecule has 0 aromatic heterocycles. The van der Waals surface area contributed by atoms with E-state index in [1.807, 2.05) is 36.4 Å². The molecule has 0 heterocycles. The van der Waals surface area contributed by atoms with E-state index in [9.17, 15) is 16.8 Å². The first kappa shape index (κ1) is 20.0. The van der Waals surface area contributed by atoms with E-state index in [2.05, 4.69) is 0 Å². The summed E-state index contributed by atoms with van der Waals surface area (Å²) >= 11 is 0. The van der Waals surface area contributed by atoms with Crippen molar-refractivity contribution >= 4 is 41.8 Å².